The Hall–Kier alpha value is -1.59. The number of rotatable bonds is 7. The highest BCUT2D eigenvalue weighted by atomic mass is 32.1. The third-order valence-electron chi connectivity index (χ3n) is 2.58. The molecule has 19 heavy (non-hydrogen) atoms. The van der Waals surface area contributed by atoms with Gasteiger partial charge in [0.2, 0.25) is 0 Å². The molecule has 0 saturated heterocycles. The number of hydrogen-bond donors (Lipinski definition) is 1. The van der Waals surface area contributed by atoms with Gasteiger partial charge in [-0.15, -0.1) is 11.3 Å². The van der Waals surface area contributed by atoms with E-state index in [4.69, 9.17) is 9.47 Å². The van der Waals surface area contributed by atoms with Gasteiger partial charge in [0.25, 0.3) is 0 Å². The van der Waals surface area contributed by atoms with Crippen molar-refractivity contribution < 1.29 is 9.47 Å². The Bertz CT molecular complexity index is 496. The van der Waals surface area contributed by atoms with Gasteiger partial charge in [-0.1, -0.05) is 0 Å². The molecular formula is C14H18N2O2S. The topological polar surface area (TPSA) is 43.4 Å². The van der Waals surface area contributed by atoms with E-state index in [0.717, 1.165) is 35.3 Å². The molecule has 0 spiro atoms. The Balaban J connectivity index is 1.63. The lowest BCUT2D eigenvalue weighted by Gasteiger charge is -2.07. The van der Waals surface area contributed by atoms with Gasteiger partial charge in [-0.3, -0.25) is 0 Å². The summed E-state index contributed by atoms with van der Waals surface area (Å²) in [5.41, 5.74) is 1.09. The summed E-state index contributed by atoms with van der Waals surface area (Å²) in [6.07, 6.45) is 0. The zero-order valence-electron chi connectivity index (χ0n) is 11.2. The predicted molar refractivity (Wildman–Crippen MR) is 77.0 cm³/mol. The van der Waals surface area contributed by atoms with Crippen LogP contribution in [0.1, 0.15) is 10.7 Å². The van der Waals surface area contributed by atoms with Crippen LogP contribution in [-0.4, -0.2) is 25.2 Å². The van der Waals surface area contributed by atoms with Crippen LogP contribution in [0, 0.1) is 6.92 Å². The molecule has 0 amide bonds. The molecule has 5 heteroatoms. The van der Waals surface area contributed by atoms with Crippen molar-refractivity contribution in [2.75, 3.05) is 20.3 Å². The van der Waals surface area contributed by atoms with Gasteiger partial charge in [-0.25, -0.2) is 4.98 Å². The molecule has 1 N–H and O–H groups in total. The average molecular weight is 278 g/mol. The van der Waals surface area contributed by atoms with E-state index in [-0.39, 0.29) is 0 Å². The first-order valence-electron chi connectivity index (χ1n) is 6.16. The van der Waals surface area contributed by atoms with Gasteiger partial charge in [0.1, 0.15) is 18.1 Å². The smallest absolute Gasteiger partial charge is 0.119 e. The number of nitrogens with one attached hydrogen (secondary N) is 1. The fourth-order valence-corrected chi connectivity index (χ4v) is 2.23. The van der Waals surface area contributed by atoms with E-state index in [1.165, 1.54) is 0 Å². The molecule has 0 aliphatic rings. The summed E-state index contributed by atoms with van der Waals surface area (Å²) < 4.78 is 10.7. The fourth-order valence-electron chi connectivity index (χ4n) is 1.62. The molecule has 0 atom stereocenters. The minimum absolute atomic E-state index is 0.634. The maximum absolute atomic E-state index is 5.61. The first-order chi connectivity index (χ1) is 9.28. The molecule has 0 radical (unpaired) electrons. The quantitative estimate of drug-likeness (QED) is 0.791. The summed E-state index contributed by atoms with van der Waals surface area (Å²) in [7, 11) is 1.65. The summed E-state index contributed by atoms with van der Waals surface area (Å²) in [5.74, 6) is 1.69. The minimum Gasteiger partial charge on any atom is -0.497 e. The lowest BCUT2D eigenvalue weighted by molar-refractivity contribution is 0.312. The van der Waals surface area contributed by atoms with Crippen LogP contribution in [0.5, 0.6) is 11.5 Å². The lowest BCUT2D eigenvalue weighted by Crippen LogP contribution is -2.20. The molecule has 0 aliphatic heterocycles. The predicted octanol–water partition coefficient (Wildman–Crippen LogP) is 2.63. The van der Waals surface area contributed by atoms with E-state index in [1.807, 2.05) is 31.2 Å². The zero-order valence-corrected chi connectivity index (χ0v) is 12.0. The third kappa shape index (κ3) is 4.54. The summed E-state index contributed by atoms with van der Waals surface area (Å²) in [4.78, 5) is 4.39. The van der Waals surface area contributed by atoms with Crippen molar-refractivity contribution in [2.45, 2.75) is 13.5 Å². The van der Waals surface area contributed by atoms with E-state index in [0.29, 0.717) is 6.61 Å². The standard InChI is InChI=1S/C14H18N2O2S/c1-11-16-12(10-19-11)9-15-7-8-18-14-5-3-13(17-2)4-6-14/h3-6,10,15H,7-9H2,1-2H3. The molecule has 102 valence electrons. The van der Waals surface area contributed by atoms with Crippen molar-refractivity contribution in [1.82, 2.24) is 10.3 Å². The SMILES string of the molecule is COc1ccc(OCCNCc2csc(C)n2)cc1. The van der Waals surface area contributed by atoms with Gasteiger partial charge in [-0.2, -0.15) is 0 Å². The number of aromatic nitrogens is 1. The summed E-state index contributed by atoms with van der Waals surface area (Å²) in [6, 6.07) is 7.59. The first-order valence-corrected chi connectivity index (χ1v) is 7.04. The van der Waals surface area contributed by atoms with E-state index in [9.17, 15) is 0 Å². The molecule has 0 fully saturated rings. The number of nitrogens with zero attached hydrogens (tertiary/aromatic N) is 1. The van der Waals surface area contributed by atoms with E-state index >= 15 is 0 Å². The van der Waals surface area contributed by atoms with E-state index in [2.05, 4.69) is 15.7 Å². The van der Waals surface area contributed by atoms with Crippen LogP contribution >= 0.6 is 11.3 Å². The second-order valence-electron chi connectivity index (χ2n) is 4.06. The molecule has 2 aromatic rings. The van der Waals surface area contributed by atoms with Crippen molar-refractivity contribution in [3.05, 3.63) is 40.3 Å². The van der Waals surface area contributed by atoms with E-state index < -0.39 is 0 Å². The van der Waals surface area contributed by atoms with Crippen LogP contribution in [-0.2, 0) is 6.54 Å². The minimum atomic E-state index is 0.634. The largest absolute Gasteiger partial charge is 0.497 e. The van der Waals surface area contributed by atoms with Gasteiger partial charge in [-0.05, 0) is 31.2 Å². The Labute approximate surface area is 117 Å². The number of aryl methyl sites for hydroxylation is 1. The highest BCUT2D eigenvalue weighted by Crippen LogP contribution is 2.16. The van der Waals surface area contributed by atoms with Crippen molar-refractivity contribution >= 4 is 11.3 Å². The fraction of sp³-hybridized carbons (Fsp3) is 0.357. The van der Waals surface area contributed by atoms with Crippen LogP contribution in [0.4, 0.5) is 0 Å². The van der Waals surface area contributed by atoms with Crippen LogP contribution in [0.15, 0.2) is 29.6 Å². The van der Waals surface area contributed by atoms with Crippen LogP contribution in [0.3, 0.4) is 0 Å². The molecule has 4 nitrogen and oxygen atoms in total. The first kappa shape index (κ1) is 13.8. The maximum Gasteiger partial charge on any atom is 0.119 e. The molecule has 0 bridgehead atoms. The van der Waals surface area contributed by atoms with Gasteiger partial charge in [0.15, 0.2) is 0 Å². The normalized spacial score (nSPS) is 10.4. The zero-order chi connectivity index (χ0) is 13.5. The number of hydrogen-bond acceptors (Lipinski definition) is 5. The molecule has 0 aliphatic carbocycles. The van der Waals surface area contributed by atoms with Crippen molar-refractivity contribution in [3.63, 3.8) is 0 Å². The monoisotopic (exact) mass is 278 g/mol. The second-order valence-corrected chi connectivity index (χ2v) is 5.12. The van der Waals surface area contributed by atoms with Gasteiger partial charge in [0, 0.05) is 18.5 Å². The summed E-state index contributed by atoms with van der Waals surface area (Å²) in [6.45, 7) is 4.23. The number of benzene rings is 1. The highest BCUT2D eigenvalue weighted by Gasteiger charge is 1.98. The number of thiazole rings is 1. The van der Waals surface area contributed by atoms with Crippen LogP contribution < -0.4 is 14.8 Å². The highest BCUT2D eigenvalue weighted by molar-refractivity contribution is 7.09. The van der Waals surface area contributed by atoms with Crippen molar-refractivity contribution in [1.29, 1.82) is 0 Å². The molecule has 1 heterocycles. The third-order valence-corrected chi connectivity index (χ3v) is 3.40. The van der Waals surface area contributed by atoms with Crippen molar-refractivity contribution in [3.8, 4) is 11.5 Å². The Morgan fingerprint density at radius 3 is 2.58 bits per heavy atom. The van der Waals surface area contributed by atoms with Gasteiger partial charge >= 0.3 is 0 Å². The summed E-state index contributed by atoms with van der Waals surface area (Å²) >= 11 is 1.67. The molecular weight excluding hydrogens is 260 g/mol. The Kier molecular flexibility index (Phi) is 5.18. The van der Waals surface area contributed by atoms with Crippen LogP contribution in [0.2, 0.25) is 0 Å². The number of ether oxygens (including phenoxy) is 2. The molecule has 0 unspecified atom stereocenters. The average Bonchev–Trinajstić information content (AvgIpc) is 2.85. The molecule has 1 aromatic carbocycles. The van der Waals surface area contributed by atoms with Crippen molar-refractivity contribution in [2.24, 2.45) is 0 Å². The molecule has 1 aromatic heterocycles. The Morgan fingerprint density at radius 2 is 1.95 bits per heavy atom. The van der Waals surface area contributed by atoms with Gasteiger partial charge < -0.3 is 14.8 Å². The lowest BCUT2D eigenvalue weighted by atomic mass is 10.3. The second kappa shape index (κ2) is 7.11. The maximum atomic E-state index is 5.61. The molecule has 0 saturated carbocycles. The number of methoxy groups -OCH3 is 1. The van der Waals surface area contributed by atoms with Crippen LogP contribution in [0.25, 0.3) is 0 Å². The van der Waals surface area contributed by atoms with Gasteiger partial charge in [0.05, 0.1) is 17.8 Å². The van der Waals surface area contributed by atoms with E-state index in [1.54, 1.807) is 18.4 Å². The summed E-state index contributed by atoms with van der Waals surface area (Å²) in [5, 5.41) is 6.48. The molecule has 2 rings (SSSR count). The Morgan fingerprint density at radius 1 is 1.21 bits per heavy atom.